The van der Waals surface area contributed by atoms with Gasteiger partial charge in [-0.3, -0.25) is 0 Å². The number of carboxylic acids is 5. The number of methoxy groups -OCH3 is 1. The number of hydrogen-bond acceptors (Lipinski definition) is 15. The normalized spacial score (nSPS) is 12.3. The Bertz CT molecular complexity index is 5490. The second kappa shape index (κ2) is 45.0. The third-order valence-corrected chi connectivity index (χ3v) is 22.8. The van der Waals surface area contributed by atoms with Gasteiger partial charge >= 0.3 is 36.0 Å². The molecule has 1 aliphatic carbocycles. The number of anilines is 10. The van der Waals surface area contributed by atoms with Gasteiger partial charge in [0.2, 0.25) is 0 Å². The maximum absolute atomic E-state index is 13.0. The minimum absolute atomic E-state index is 0.0185. The van der Waals surface area contributed by atoms with Gasteiger partial charge in [-0.05, 0) is 295 Å². The minimum atomic E-state index is -4.43. The molecule has 0 atom stereocenters. The van der Waals surface area contributed by atoms with Gasteiger partial charge in [-0.25, -0.2) is 38.9 Å². The number of aromatic carboxylic acids is 5. The fourth-order valence-electron chi connectivity index (χ4n) is 14.8. The van der Waals surface area contributed by atoms with Crippen molar-refractivity contribution in [2.45, 2.75) is 258 Å². The Kier molecular flexibility index (Phi) is 36.4. The summed E-state index contributed by atoms with van der Waals surface area (Å²) in [7, 11) is 1.74. The topological polar surface area (TPSA) is 260 Å². The first-order valence-electron chi connectivity index (χ1n) is 45.9. The summed E-state index contributed by atoms with van der Waals surface area (Å²) in [4.78, 5) is 78.8. The molecule has 0 amide bonds. The van der Waals surface area contributed by atoms with Crippen molar-refractivity contribution in [3.63, 3.8) is 0 Å². The van der Waals surface area contributed by atoms with Crippen LogP contribution < -0.4 is 34.0 Å². The Morgan fingerprint density at radius 2 is 0.744 bits per heavy atom. The van der Waals surface area contributed by atoms with Gasteiger partial charge in [-0.2, -0.15) is 13.2 Å². The van der Waals surface area contributed by atoms with Crippen LogP contribution >= 0.6 is 0 Å². The second-order valence-corrected chi connectivity index (χ2v) is 41.0. The first kappa shape index (κ1) is 108. The quantitative estimate of drug-likeness (QED) is 0.0320. The van der Waals surface area contributed by atoms with Crippen LogP contribution in [0.4, 0.5) is 70.4 Å². The summed E-state index contributed by atoms with van der Waals surface area (Å²) >= 11 is 0. The number of carbonyl (C=O) groups is 5. The molecule has 0 aliphatic heterocycles. The Labute approximate surface area is 787 Å². The summed E-state index contributed by atoms with van der Waals surface area (Å²) in [6.45, 7) is 64.8. The van der Waals surface area contributed by atoms with Gasteiger partial charge in [-0.15, -0.1) is 0 Å². The molecule has 5 N–H and O–H groups in total. The zero-order valence-electron chi connectivity index (χ0n) is 83.7. The highest BCUT2D eigenvalue weighted by Gasteiger charge is 2.35. The third kappa shape index (κ3) is 30.1. The highest BCUT2D eigenvalue weighted by Crippen LogP contribution is 2.46. The van der Waals surface area contributed by atoms with Gasteiger partial charge in [0.1, 0.15) is 29.0 Å². The van der Waals surface area contributed by atoms with Gasteiger partial charge in [0.05, 0.1) is 47.1 Å². The lowest BCUT2D eigenvalue weighted by molar-refractivity contribution is -0.137. The van der Waals surface area contributed by atoms with Crippen LogP contribution in [-0.4, -0.2) is 117 Å². The van der Waals surface area contributed by atoms with Crippen LogP contribution in [0, 0.1) is 25.7 Å². The van der Waals surface area contributed by atoms with E-state index in [-0.39, 0.29) is 49.2 Å². The minimum Gasteiger partial charge on any atom is -0.496 e. The molecule has 1 aliphatic rings. The molecule has 3 heterocycles. The Morgan fingerprint density at radius 3 is 1.06 bits per heavy atom. The first-order valence-corrected chi connectivity index (χ1v) is 45.9. The number of ether oxygens (including phenoxy) is 2. The fourth-order valence-corrected chi connectivity index (χ4v) is 14.8. The van der Waals surface area contributed by atoms with Gasteiger partial charge in [0, 0.05) is 102 Å². The largest absolute Gasteiger partial charge is 0.496 e. The highest BCUT2D eigenvalue weighted by molar-refractivity contribution is 5.91. The van der Waals surface area contributed by atoms with Crippen molar-refractivity contribution in [1.82, 2.24) is 15.0 Å². The molecular weight excluding hydrogens is 1680 g/mol. The number of aromatic nitrogens is 3. The predicted octanol–water partition coefficient (Wildman–Crippen LogP) is 28.3. The van der Waals surface area contributed by atoms with E-state index in [1.807, 2.05) is 30.3 Å². The van der Waals surface area contributed by atoms with Crippen molar-refractivity contribution < 1.29 is 72.2 Å². The summed E-state index contributed by atoms with van der Waals surface area (Å²) in [5.41, 5.74) is 17.4. The smallest absolute Gasteiger partial charge is 0.416 e. The summed E-state index contributed by atoms with van der Waals surface area (Å²) in [5, 5.41) is 45.5. The van der Waals surface area contributed by atoms with E-state index in [1.165, 1.54) is 71.4 Å². The summed E-state index contributed by atoms with van der Waals surface area (Å²) < 4.78 is 50.8. The maximum Gasteiger partial charge on any atom is 0.416 e. The van der Waals surface area contributed by atoms with E-state index >= 15 is 0 Å². The zero-order chi connectivity index (χ0) is 99.7. The van der Waals surface area contributed by atoms with E-state index in [0.717, 1.165) is 119 Å². The molecule has 1 saturated carbocycles. The molecule has 0 bridgehead atoms. The highest BCUT2D eigenvalue weighted by atomic mass is 19.4. The average Bonchev–Trinajstić information content (AvgIpc) is 1.69. The van der Waals surface area contributed by atoms with Crippen molar-refractivity contribution >= 4 is 87.1 Å². The van der Waals surface area contributed by atoms with Crippen LogP contribution in [0.15, 0.2) is 182 Å². The van der Waals surface area contributed by atoms with E-state index in [4.69, 9.17) is 24.8 Å². The Balaban J connectivity index is 0.000000227. The molecule has 133 heavy (non-hydrogen) atoms. The number of hydrogen-bond donors (Lipinski definition) is 5. The number of carboxylic acid groups (broad SMARTS) is 5. The molecule has 23 heteroatoms. The number of benzene rings is 7. The molecular formula is C110H143F3N8O12. The van der Waals surface area contributed by atoms with Crippen molar-refractivity contribution in [3.05, 3.63) is 266 Å². The molecule has 7 aromatic carbocycles. The third-order valence-electron chi connectivity index (χ3n) is 22.8. The van der Waals surface area contributed by atoms with Gasteiger partial charge < -0.3 is 59.5 Å². The lowest BCUT2D eigenvalue weighted by Crippen LogP contribution is -2.24. The van der Waals surface area contributed by atoms with Crippen LogP contribution in [-0.2, 0) is 38.7 Å². The lowest BCUT2D eigenvalue weighted by Gasteiger charge is -2.33. The molecule has 0 unspecified atom stereocenters. The molecule has 1 fully saturated rings. The number of nitrogens with zero attached hydrogens (tertiary/aromatic N) is 8. The summed E-state index contributed by atoms with van der Waals surface area (Å²) in [5.74, 6) is 0.533. The number of halogens is 3. The molecule has 10 aromatic rings. The summed E-state index contributed by atoms with van der Waals surface area (Å²) in [6.07, 6.45) is 3.09. The monoisotopic (exact) mass is 1830 g/mol. The fraction of sp³-hybridized carbons (Fsp3) is 0.436. The van der Waals surface area contributed by atoms with E-state index in [9.17, 15) is 47.4 Å². The van der Waals surface area contributed by atoms with Crippen LogP contribution in [0.2, 0.25) is 0 Å². The van der Waals surface area contributed by atoms with Crippen LogP contribution in [0.3, 0.4) is 0 Å². The van der Waals surface area contributed by atoms with Crippen LogP contribution in [0.5, 0.6) is 11.5 Å². The Morgan fingerprint density at radius 1 is 0.398 bits per heavy atom. The van der Waals surface area contributed by atoms with Crippen molar-refractivity contribution in [2.75, 3.05) is 70.9 Å². The lowest BCUT2D eigenvalue weighted by atomic mass is 9.79. The molecule has 0 saturated heterocycles. The molecule has 11 rings (SSSR count). The summed E-state index contributed by atoms with van der Waals surface area (Å²) in [6, 6.07) is 49.9. The van der Waals surface area contributed by atoms with Crippen molar-refractivity contribution in [3.8, 4) is 11.5 Å². The van der Waals surface area contributed by atoms with Gasteiger partial charge in [0.25, 0.3) is 0 Å². The van der Waals surface area contributed by atoms with Crippen LogP contribution in [0.25, 0.3) is 0 Å². The average molecular weight is 1830 g/mol. The standard InChI is InChI=1S/C24H32N2O2.C24H33NO3.C23H32N2O2.C23H31NO3.C16H15F3N2O2/c1-23(2,3)18-11-19(24(4,5)6)13-20(12-18)26(15-16-7-8-16)21-10-9-17(14-25-21)22(27)28;1-9-25(17-12-10-16(11-13-17)22(26)27)18-14-19(23(2,3)4)21(28-8)20(15-18)24(5,6)7;1-8-11-25(20-10-9-16(15-24-20)21(26)27)19-13-17(22(2,3)4)12-18(14-19)23(5,6)7;1-7-24(19-10-8-18(9-11-19)23(25)26)21-13-20(16(4)5)22(12-17(21)6)27-14-15(2)3;1-3-21(14-5-4-11(9-20-14)15(22)23)13-7-10(2)6-12(8-13)16(17,18)19/h9-14,16H,7-8,15H2,1-6H3,(H,27,28);10-15H,9H2,1-8H3,(H,26,27);9-10,12-15H,8,11H2,1-7H3,(H,26,27);8-13,15-16H,7,14H2,1-6H3,(H,25,26);4-9H,3H2,1-2H3,(H,22,23). The van der Waals surface area contributed by atoms with E-state index in [0.29, 0.717) is 59.1 Å². The second-order valence-electron chi connectivity index (χ2n) is 41.0. The van der Waals surface area contributed by atoms with Crippen molar-refractivity contribution in [2.24, 2.45) is 11.8 Å². The van der Waals surface area contributed by atoms with Gasteiger partial charge in [0.15, 0.2) is 0 Å². The number of pyridine rings is 3. The van der Waals surface area contributed by atoms with E-state index in [2.05, 4.69) is 275 Å². The molecule has 3 aromatic heterocycles. The molecule has 0 radical (unpaired) electrons. The van der Waals surface area contributed by atoms with E-state index in [1.54, 1.807) is 74.4 Å². The zero-order valence-corrected chi connectivity index (χ0v) is 83.7. The maximum atomic E-state index is 13.0. The number of rotatable bonds is 27. The predicted molar refractivity (Wildman–Crippen MR) is 535 cm³/mol. The molecule has 0 spiro atoms. The van der Waals surface area contributed by atoms with Crippen molar-refractivity contribution in [1.29, 1.82) is 0 Å². The molecule has 716 valence electrons. The number of alkyl halides is 3. The SMILES string of the molecule is CC(C)(C)c1cc(N(CC2CC2)c2ccc(C(=O)O)cn2)cc(C(C)(C)C)c1.CCCN(c1cc(C(C)(C)C)cc(C(C)(C)C)c1)c1ccc(C(=O)O)cn1.CCN(c1cc(C)cc(C(F)(F)F)c1)c1ccc(C(=O)O)cn1.CCN(c1ccc(C(=O)O)cc1)c1cc(C(C)(C)C)c(OC)c(C(C)(C)C)c1.CCN(c1ccc(C(=O)O)cc1)c1cc(C(C)C)c(OCC(C)C)cc1C. The number of aryl methyl sites for hydroxylation is 2. The van der Waals surface area contributed by atoms with E-state index < -0.39 is 41.6 Å². The van der Waals surface area contributed by atoms with Gasteiger partial charge in [-0.1, -0.05) is 171 Å². The Hall–Kier alpha value is -12.3. The first-order chi connectivity index (χ1) is 61.7. The van der Waals surface area contributed by atoms with Crippen LogP contribution in [0.1, 0.15) is 313 Å². The molecule has 20 nitrogen and oxygen atoms in total.